The standard InChI is InChI=1S/C19H22N2O3S/c1-13-5-2-3-7-15(13)18-20-16(12-25-18)19(24)21-10-4-6-14(11-21)8-9-17(22)23/h2-3,5,7,12,14H,4,6,8-11H2,1H3,(H,22,23). The van der Waals surface area contributed by atoms with Crippen molar-refractivity contribution in [1.82, 2.24) is 9.88 Å². The molecule has 2 heterocycles. The Morgan fingerprint density at radius 1 is 1.36 bits per heavy atom. The van der Waals surface area contributed by atoms with Gasteiger partial charge in [0.2, 0.25) is 0 Å². The van der Waals surface area contributed by atoms with Crippen LogP contribution in [0.3, 0.4) is 0 Å². The van der Waals surface area contributed by atoms with Crippen molar-refractivity contribution in [3.63, 3.8) is 0 Å². The number of hydrogen-bond acceptors (Lipinski definition) is 4. The summed E-state index contributed by atoms with van der Waals surface area (Å²) in [6.07, 6.45) is 2.71. The molecule has 0 bridgehead atoms. The van der Waals surface area contributed by atoms with Crippen LogP contribution < -0.4 is 0 Å². The van der Waals surface area contributed by atoms with Crippen LogP contribution in [0.15, 0.2) is 29.6 Å². The van der Waals surface area contributed by atoms with Gasteiger partial charge in [0.25, 0.3) is 5.91 Å². The third-order valence-corrected chi connectivity index (χ3v) is 5.55. The van der Waals surface area contributed by atoms with Gasteiger partial charge in [-0.15, -0.1) is 11.3 Å². The first kappa shape index (κ1) is 17.6. The smallest absolute Gasteiger partial charge is 0.303 e. The Bertz CT molecular complexity index is 772. The molecule has 132 valence electrons. The minimum atomic E-state index is -0.772. The molecule has 0 radical (unpaired) electrons. The molecule has 0 spiro atoms. The highest BCUT2D eigenvalue weighted by atomic mass is 32.1. The predicted octanol–water partition coefficient (Wildman–Crippen LogP) is 3.84. The number of rotatable bonds is 5. The Kier molecular flexibility index (Phi) is 5.48. The minimum absolute atomic E-state index is 0.0453. The maximum atomic E-state index is 12.8. The van der Waals surface area contributed by atoms with Gasteiger partial charge in [0, 0.05) is 30.5 Å². The van der Waals surface area contributed by atoms with Crippen molar-refractivity contribution in [1.29, 1.82) is 0 Å². The lowest BCUT2D eigenvalue weighted by molar-refractivity contribution is -0.137. The van der Waals surface area contributed by atoms with Crippen LogP contribution in [-0.4, -0.2) is 40.0 Å². The molecule has 1 fully saturated rings. The number of likely N-dealkylation sites (tertiary alicyclic amines) is 1. The molecule has 2 aromatic rings. The number of piperidine rings is 1. The number of aryl methyl sites for hydroxylation is 1. The molecule has 1 aromatic heterocycles. The van der Waals surface area contributed by atoms with Crippen molar-refractivity contribution < 1.29 is 14.7 Å². The second kappa shape index (κ2) is 7.78. The number of amides is 1. The zero-order valence-electron chi connectivity index (χ0n) is 14.3. The summed E-state index contributed by atoms with van der Waals surface area (Å²) < 4.78 is 0. The van der Waals surface area contributed by atoms with E-state index in [1.165, 1.54) is 11.3 Å². The largest absolute Gasteiger partial charge is 0.481 e. The SMILES string of the molecule is Cc1ccccc1-c1nc(C(=O)N2CCCC(CCC(=O)O)C2)cs1. The first-order valence-electron chi connectivity index (χ1n) is 8.57. The monoisotopic (exact) mass is 358 g/mol. The molecule has 5 nitrogen and oxygen atoms in total. The van der Waals surface area contributed by atoms with E-state index in [4.69, 9.17) is 5.11 Å². The van der Waals surface area contributed by atoms with Crippen LogP contribution in [0.4, 0.5) is 0 Å². The third kappa shape index (κ3) is 4.25. The van der Waals surface area contributed by atoms with Crippen molar-refractivity contribution in [3.05, 3.63) is 40.9 Å². The number of carbonyl (C=O) groups is 2. The highest BCUT2D eigenvalue weighted by Gasteiger charge is 2.26. The number of aliphatic carboxylic acids is 1. The number of carboxylic acids is 1. The van der Waals surface area contributed by atoms with Crippen LogP contribution >= 0.6 is 11.3 Å². The van der Waals surface area contributed by atoms with Crippen molar-refractivity contribution >= 4 is 23.2 Å². The van der Waals surface area contributed by atoms with Crippen LogP contribution in [0, 0.1) is 12.8 Å². The number of carboxylic acid groups (broad SMARTS) is 1. The molecular weight excluding hydrogens is 336 g/mol. The molecular formula is C19H22N2O3S. The van der Waals surface area contributed by atoms with Gasteiger partial charge in [0.05, 0.1) is 0 Å². The van der Waals surface area contributed by atoms with Crippen molar-refractivity contribution in [2.24, 2.45) is 5.92 Å². The fourth-order valence-corrected chi connectivity index (χ4v) is 4.17. The van der Waals surface area contributed by atoms with Gasteiger partial charge in [-0.25, -0.2) is 4.98 Å². The molecule has 1 aromatic carbocycles. The highest BCUT2D eigenvalue weighted by Crippen LogP contribution is 2.28. The minimum Gasteiger partial charge on any atom is -0.481 e. The van der Waals surface area contributed by atoms with Crippen molar-refractivity contribution in [2.45, 2.75) is 32.6 Å². The molecule has 25 heavy (non-hydrogen) atoms. The van der Waals surface area contributed by atoms with E-state index in [0.29, 0.717) is 18.7 Å². The summed E-state index contributed by atoms with van der Waals surface area (Å²) in [7, 11) is 0. The molecule has 3 rings (SSSR count). The fourth-order valence-electron chi connectivity index (χ4n) is 3.28. The van der Waals surface area contributed by atoms with Crippen LogP contribution in [0.5, 0.6) is 0 Å². The number of hydrogen-bond donors (Lipinski definition) is 1. The van der Waals surface area contributed by atoms with Crippen molar-refractivity contribution in [3.8, 4) is 10.6 Å². The Labute approximate surface area is 151 Å². The lowest BCUT2D eigenvalue weighted by Crippen LogP contribution is -2.40. The topological polar surface area (TPSA) is 70.5 Å². The van der Waals surface area contributed by atoms with Crippen LogP contribution in [-0.2, 0) is 4.79 Å². The lowest BCUT2D eigenvalue weighted by Gasteiger charge is -2.32. The molecule has 1 unspecified atom stereocenters. The van der Waals surface area contributed by atoms with E-state index in [2.05, 4.69) is 4.98 Å². The molecule has 0 saturated carbocycles. The number of thiazole rings is 1. The molecule has 1 aliphatic heterocycles. The van der Waals surface area contributed by atoms with Gasteiger partial charge in [-0.3, -0.25) is 9.59 Å². The molecule has 1 aliphatic rings. The van der Waals surface area contributed by atoms with Crippen LogP contribution in [0.25, 0.3) is 10.6 Å². The predicted molar refractivity (Wildman–Crippen MR) is 97.8 cm³/mol. The molecule has 1 atom stereocenters. The highest BCUT2D eigenvalue weighted by molar-refractivity contribution is 7.13. The fraction of sp³-hybridized carbons (Fsp3) is 0.421. The maximum absolute atomic E-state index is 12.8. The Morgan fingerprint density at radius 3 is 2.92 bits per heavy atom. The maximum Gasteiger partial charge on any atom is 0.303 e. The first-order valence-corrected chi connectivity index (χ1v) is 9.45. The number of nitrogens with zero attached hydrogens (tertiary/aromatic N) is 2. The zero-order valence-corrected chi connectivity index (χ0v) is 15.1. The summed E-state index contributed by atoms with van der Waals surface area (Å²) in [6.45, 7) is 3.39. The summed E-state index contributed by atoms with van der Waals surface area (Å²) in [5, 5.41) is 11.5. The number of carbonyl (C=O) groups excluding carboxylic acids is 1. The van der Waals surface area contributed by atoms with Gasteiger partial charge in [-0.05, 0) is 37.7 Å². The lowest BCUT2D eigenvalue weighted by atomic mass is 9.93. The van der Waals surface area contributed by atoms with Crippen LogP contribution in [0.1, 0.15) is 41.7 Å². The second-order valence-corrected chi connectivity index (χ2v) is 7.40. The van der Waals surface area contributed by atoms with Gasteiger partial charge in [0.15, 0.2) is 0 Å². The van der Waals surface area contributed by atoms with Gasteiger partial charge in [-0.1, -0.05) is 24.3 Å². The average Bonchev–Trinajstić information content (AvgIpc) is 3.10. The van der Waals surface area contributed by atoms with Gasteiger partial charge >= 0.3 is 5.97 Å². The summed E-state index contributed by atoms with van der Waals surface area (Å²) in [4.78, 5) is 29.9. The zero-order chi connectivity index (χ0) is 17.8. The molecule has 1 saturated heterocycles. The second-order valence-electron chi connectivity index (χ2n) is 6.54. The van der Waals surface area contributed by atoms with Gasteiger partial charge in [-0.2, -0.15) is 0 Å². The molecule has 6 heteroatoms. The van der Waals surface area contributed by atoms with E-state index in [-0.39, 0.29) is 18.2 Å². The van der Waals surface area contributed by atoms with Gasteiger partial charge in [0.1, 0.15) is 10.7 Å². The van der Waals surface area contributed by atoms with Gasteiger partial charge < -0.3 is 10.0 Å². The Morgan fingerprint density at radius 2 is 2.16 bits per heavy atom. The average molecular weight is 358 g/mol. The first-order chi connectivity index (χ1) is 12.0. The number of aromatic nitrogens is 1. The van der Waals surface area contributed by atoms with E-state index >= 15 is 0 Å². The van der Waals surface area contributed by atoms with E-state index in [0.717, 1.165) is 35.5 Å². The van der Waals surface area contributed by atoms with E-state index in [1.807, 2.05) is 41.5 Å². The Balaban J connectivity index is 1.69. The summed E-state index contributed by atoms with van der Waals surface area (Å²) in [5.41, 5.74) is 2.69. The summed E-state index contributed by atoms with van der Waals surface area (Å²) in [6, 6.07) is 8.02. The number of benzene rings is 1. The quantitative estimate of drug-likeness (QED) is 0.882. The normalized spacial score (nSPS) is 17.5. The van der Waals surface area contributed by atoms with Crippen LogP contribution in [0.2, 0.25) is 0 Å². The van der Waals surface area contributed by atoms with E-state index < -0.39 is 5.97 Å². The Hall–Kier alpha value is -2.21. The molecule has 0 aliphatic carbocycles. The molecule has 1 amide bonds. The summed E-state index contributed by atoms with van der Waals surface area (Å²) >= 11 is 1.49. The molecule has 1 N–H and O–H groups in total. The summed E-state index contributed by atoms with van der Waals surface area (Å²) in [5.74, 6) is -0.551. The van der Waals surface area contributed by atoms with E-state index in [9.17, 15) is 9.59 Å². The van der Waals surface area contributed by atoms with Crippen molar-refractivity contribution in [2.75, 3.05) is 13.1 Å². The van der Waals surface area contributed by atoms with E-state index in [1.54, 1.807) is 0 Å². The third-order valence-electron chi connectivity index (χ3n) is 4.67.